The quantitative estimate of drug-likeness (QED) is 0.560. The van der Waals surface area contributed by atoms with Gasteiger partial charge < -0.3 is 4.74 Å². The molecule has 1 unspecified atom stereocenters. The van der Waals surface area contributed by atoms with Crippen molar-refractivity contribution in [2.24, 2.45) is 29.6 Å². The molecule has 0 N–H and O–H groups in total. The molecule has 0 aliphatic heterocycles. The van der Waals surface area contributed by atoms with Crippen LogP contribution < -0.4 is 0 Å². The van der Waals surface area contributed by atoms with Crippen molar-refractivity contribution in [3.05, 3.63) is 24.0 Å². The Hall–Kier alpha value is -0.930. The van der Waals surface area contributed by atoms with E-state index in [9.17, 15) is 13.2 Å². The third-order valence-corrected chi connectivity index (χ3v) is 6.48. The molecule has 3 aliphatic rings. The molecule has 3 rings (SSSR count). The predicted octanol–water partition coefficient (Wildman–Crippen LogP) is 6.62. The minimum atomic E-state index is -4.58. The molecule has 0 aromatic heterocycles. The molecule has 0 aromatic rings. The normalized spacial score (nSPS) is 37.8. The van der Waals surface area contributed by atoms with Crippen LogP contribution in [0.1, 0.15) is 64.7 Å². The number of halogens is 3. The Labute approximate surface area is 143 Å². The molecule has 2 fully saturated rings. The van der Waals surface area contributed by atoms with Crippen LogP contribution in [0.5, 0.6) is 0 Å². The van der Waals surface area contributed by atoms with E-state index in [1.54, 1.807) is 6.08 Å². The number of hydrogen-bond donors (Lipinski definition) is 0. The highest BCUT2D eigenvalue weighted by atomic mass is 19.4. The van der Waals surface area contributed by atoms with Gasteiger partial charge in [0, 0.05) is 0 Å². The van der Waals surface area contributed by atoms with E-state index in [-0.39, 0.29) is 5.76 Å². The summed E-state index contributed by atoms with van der Waals surface area (Å²) in [7, 11) is 0. The molecule has 136 valence electrons. The maximum absolute atomic E-state index is 12.2. The molecule has 0 aromatic carbocycles. The van der Waals surface area contributed by atoms with Crippen LogP contribution in [0.15, 0.2) is 24.0 Å². The van der Waals surface area contributed by atoms with E-state index in [4.69, 9.17) is 0 Å². The first-order valence-corrected chi connectivity index (χ1v) is 9.55. The molecular weight excluding hydrogens is 313 g/mol. The van der Waals surface area contributed by atoms with Gasteiger partial charge in [0.15, 0.2) is 0 Å². The molecule has 0 heterocycles. The lowest BCUT2D eigenvalue weighted by Gasteiger charge is -2.39. The number of hydrogen-bond acceptors (Lipinski definition) is 1. The number of allylic oxidation sites excluding steroid dienone is 3. The first-order chi connectivity index (χ1) is 11.4. The van der Waals surface area contributed by atoms with Gasteiger partial charge in [-0.25, -0.2) is 0 Å². The van der Waals surface area contributed by atoms with Crippen LogP contribution in [0.4, 0.5) is 13.2 Å². The van der Waals surface area contributed by atoms with Gasteiger partial charge in [-0.15, -0.1) is 13.2 Å². The lowest BCUT2D eigenvalue weighted by atomic mass is 9.67. The Morgan fingerprint density at radius 1 is 0.875 bits per heavy atom. The number of alkyl halides is 3. The lowest BCUT2D eigenvalue weighted by molar-refractivity contribution is -0.303. The summed E-state index contributed by atoms with van der Waals surface area (Å²) in [6, 6.07) is 0. The van der Waals surface area contributed by atoms with Gasteiger partial charge in [0.1, 0.15) is 5.76 Å². The first-order valence-electron chi connectivity index (χ1n) is 9.55. The second-order valence-electron chi connectivity index (χ2n) is 8.11. The standard InChI is InChI=1S/C20H29F3O/c1-14-2-4-15(5-3-14)16-6-8-17(9-7-16)18-10-12-19(13-11-18)24-20(21,22)23/h10,12-18H,2-9,11H2,1H3. The molecule has 0 spiro atoms. The third kappa shape index (κ3) is 4.80. The monoisotopic (exact) mass is 342 g/mol. The number of rotatable bonds is 3. The Bertz CT molecular complexity index is 464. The Kier molecular flexibility index (Phi) is 5.61. The summed E-state index contributed by atoms with van der Waals surface area (Å²) in [4.78, 5) is 0. The molecule has 0 bridgehead atoms. The summed E-state index contributed by atoms with van der Waals surface area (Å²) in [5, 5.41) is 0. The fraction of sp³-hybridized carbons (Fsp3) is 0.800. The van der Waals surface area contributed by atoms with Crippen LogP contribution >= 0.6 is 0 Å². The van der Waals surface area contributed by atoms with Crippen molar-refractivity contribution in [1.82, 2.24) is 0 Å². The predicted molar refractivity (Wildman–Crippen MR) is 89.0 cm³/mol. The van der Waals surface area contributed by atoms with Crippen LogP contribution in [0, 0.1) is 29.6 Å². The zero-order valence-corrected chi connectivity index (χ0v) is 14.5. The van der Waals surface area contributed by atoms with Gasteiger partial charge in [0.25, 0.3) is 0 Å². The van der Waals surface area contributed by atoms with Crippen LogP contribution in [0.3, 0.4) is 0 Å². The van der Waals surface area contributed by atoms with Gasteiger partial charge in [0.2, 0.25) is 0 Å². The largest absolute Gasteiger partial charge is 0.573 e. The highest BCUT2D eigenvalue weighted by Gasteiger charge is 2.34. The minimum absolute atomic E-state index is 0.0521. The molecule has 4 heteroatoms. The first kappa shape index (κ1) is 17.9. The Morgan fingerprint density at radius 2 is 1.42 bits per heavy atom. The summed E-state index contributed by atoms with van der Waals surface area (Å²) in [5.41, 5.74) is 0. The van der Waals surface area contributed by atoms with E-state index < -0.39 is 6.36 Å². The van der Waals surface area contributed by atoms with Crippen molar-refractivity contribution in [2.75, 3.05) is 0 Å². The van der Waals surface area contributed by atoms with E-state index in [1.807, 2.05) is 6.08 Å². The van der Waals surface area contributed by atoms with Crippen molar-refractivity contribution in [3.63, 3.8) is 0 Å². The van der Waals surface area contributed by atoms with Crippen molar-refractivity contribution in [1.29, 1.82) is 0 Å². The van der Waals surface area contributed by atoms with Gasteiger partial charge in [0.05, 0.1) is 0 Å². The summed E-state index contributed by atoms with van der Waals surface area (Å²) < 4.78 is 40.7. The highest BCUT2D eigenvalue weighted by Crippen LogP contribution is 2.44. The molecule has 1 atom stereocenters. The smallest absolute Gasteiger partial charge is 0.406 e. The van der Waals surface area contributed by atoms with E-state index in [2.05, 4.69) is 11.7 Å². The molecular formula is C20H29F3O. The van der Waals surface area contributed by atoms with E-state index >= 15 is 0 Å². The van der Waals surface area contributed by atoms with Gasteiger partial charge >= 0.3 is 6.36 Å². The van der Waals surface area contributed by atoms with Crippen LogP contribution in [-0.2, 0) is 4.74 Å². The molecule has 0 radical (unpaired) electrons. The van der Waals surface area contributed by atoms with Crippen LogP contribution in [0.25, 0.3) is 0 Å². The van der Waals surface area contributed by atoms with Crippen molar-refractivity contribution in [2.45, 2.75) is 71.1 Å². The van der Waals surface area contributed by atoms with Crippen molar-refractivity contribution in [3.8, 4) is 0 Å². The molecule has 1 nitrogen and oxygen atoms in total. The molecule has 2 saturated carbocycles. The highest BCUT2D eigenvalue weighted by molar-refractivity contribution is 5.19. The molecule has 3 aliphatic carbocycles. The zero-order valence-electron chi connectivity index (χ0n) is 14.5. The Morgan fingerprint density at radius 3 is 1.92 bits per heavy atom. The van der Waals surface area contributed by atoms with Crippen LogP contribution in [0.2, 0.25) is 0 Å². The van der Waals surface area contributed by atoms with Crippen LogP contribution in [-0.4, -0.2) is 6.36 Å². The van der Waals surface area contributed by atoms with Crippen molar-refractivity contribution < 1.29 is 17.9 Å². The van der Waals surface area contributed by atoms with Crippen molar-refractivity contribution >= 4 is 0 Å². The van der Waals surface area contributed by atoms with Gasteiger partial charge in [-0.1, -0.05) is 25.8 Å². The number of ether oxygens (including phenoxy) is 1. The average Bonchev–Trinajstić information content (AvgIpc) is 2.55. The molecule has 0 amide bonds. The maximum atomic E-state index is 12.2. The summed E-state index contributed by atoms with van der Waals surface area (Å²) in [5.74, 6) is 3.69. The summed E-state index contributed by atoms with van der Waals surface area (Å²) in [6.45, 7) is 2.37. The fourth-order valence-corrected chi connectivity index (χ4v) is 4.98. The SMILES string of the molecule is CC1CCC(C2CCC(C3C=CC(OC(F)(F)F)=CC3)CC2)CC1. The maximum Gasteiger partial charge on any atom is 0.573 e. The van der Waals surface area contributed by atoms with Gasteiger partial charge in [-0.05, 0) is 86.7 Å². The minimum Gasteiger partial charge on any atom is -0.406 e. The van der Waals surface area contributed by atoms with E-state index in [1.165, 1.54) is 57.4 Å². The fourth-order valence-electron chi connectivity index (χ4n) is 4.98. The summed E-state index contributed by atoms with van der Waals surface area (Å²) >= 11 is 0. The second-order valence-corrected chi connectivity index (χ2v) is 8.11. The molecule has 24 heavy (non-hydrogen) atoms. The Balaban J connectivity index is 1.44. The molecule has 0 saturated heterocycles. The third-order valence-electron chi connectivity index (χ3n) is 6.48. The summed E-state index contributed by atoms with van der Waals surface area (Å²) in [6.07, 6.45) is 11.8. The average molecular weight is 342 g/mol. The van der Waals surface area contributed by atoms with Gasteiger partial charge in [-0.3, -0.25) is 0 Å². The van der Waals surface area contributed by atoms with E-state index in [0.717, 1.165) is 17.8 Å². The lowest BCUT2D eigenvalue weighted by Crippen LogP contribution is -2.27. The topological polar surface area (TPSA) is 9.23 Å². The zero-order chi connectivity index (χ0) is 17.2. The second kappa shape index (κ2) is 7.53. The van der Waals surface area contributed by atoms with Gasteiger partial charge in [-0.2, -0.15) is 0 Å². The van der Waals surface area contributed by atoms with E-state index in [0.29, 0.717) is 18.3 Å².